The number of rotatable bonds is 11. The summed E-state index contributed by atoms with van der Waals surface area (Å²) in [5, 5.41) is 13.0. The number of likely N-dealkylation sites (tertiary alicyclic amines) is 1. The second-order valence-corrected chi connectivity index (χ2v) is 8.35. The van der Waals surface area contributed by atoms with Gasteiger partial charge in [0.25, 0.3) is 5.97 Å². The zero-order chi connectivity index (χ0) is 25.6. The molecule has 0 aromatic heterocycles. The van der Waals surface area contributed by atoms with Crippen LogP contribution < -0.4 is 27.8 Å². The van der Waals surface area contributed by atoms with Crippen molar-refractivity contribution < 1.29 is 24.3 Å². The van der Waals surface area contributed by atoms with Crippen LogP contribution in [0.2, 0.25) is 0 Å². The standard InChI is InChI=1S/C19H37N7O3.C2H4O2/c1-4-23-17(28)15-8-6-10-26(15)18(29)14(7-5-9-24-19(21)22)25-16(27)13(20)11-12(2)3;1-2(3)4/h12-15H,4-11,20H2,1-3H3,(H,23,28)(H,25,27)(H4,21,22,24);1H3,(H,3,4)/t13-,14+,15+;/m1./s1. The van der Waals surface area contributed by atoms with Gasteiger partial charge in [0.05, 0.1) is 6.04 Å². The van der Waals surface area contributed by atoms with E-state index in [4.69, 9.17) is 27.1 Å². The van der Waals surface area contributed by atoms with Gasteiger partial charge >= 0.3 is 0 Å². The molecule has 0 aromatic carbocycles. The van der Waals surface area contributed by atoms with Crippen molar-refractivity contribution in [3.63, 3.8) is 0 Å². The molecule has 190 valence electrons. The fourth-order valence-corrected chi connectivity index (χ4v) is 3.45. The topological polar surface area (TPSA) is 206 Å². The summed E-state index contributed by atoms with van der Waals surface area (Å²) in [5.41, 5.74) is 16.6. The summed E-state index contributed by atoms with van der Waals surface area (Å²) in [4.78, 5) is 52.5. The minimum Gasteiger partial charge on any atom is -0.481 e. The van der Waals surface area contributed by atoms with E-state index in [9.17, 15) is 14.4 Å². The van der Waals surface area contributed by atoms with Crippen molar-refractivity contribution in [3.05, 3.63) is 0 Å². The van der Waals surface area contributed by atoms with E-state index >= 15 is 0 Å². The molecule has 0 unspecified atom stereocenters. The van der Waals surface area contributed by atoms with Crippen LogP contribution in [-0.2, 0) is 19.2 Å². The van der Waals surface area contributed by atoms with Crippen molar-refractivity contribution in [2.24, 2.45) is 28.1 Å². The molecular formula is C21H41N7O5. The van der Waals surface area contributed by atoms with Crippen LogP contribution in [0.15, 0.2) is 4.99 Å². The molecule has 12 nitrogen and oxygen atoms in total. The minimum absolute atomic E-state index is 0.0216. The molecule has 12 heteroatoms. The molecular weight excluding hydrogens is 430 g/mol. The fraction of sp³-hybridized carbons (Fsp3) is 0.762. The van der Waals surface area contributed by atoms with Gasteiger partial charge in [0.2, 0.25) is 17.7 Å². The fourth-order valence-electron chi connectivity index (χ4n) is 3.45. The molecule has 33 heavy (non-hydrogen) atoms. The quantitative estimate of drug-likeness (QED) is 0.126. The lowest BCUT2D eigenvalue weighted by atomic mass is 10.0. The molecule has 1 aliphatic heterocycles. The average molecular weight is 472 g/mol. The highest BCUT2D eigenvalue weighted by molar-refractivity contribution is 5.93. The number of nitrogens with one attached hydrogen (secondary N) is 2. The number of hydrogen-bond acceptors (Lipinski definition) is 6. The van der Waals surface area contributed by atoms with Crippen molar-refractivity contribution in [2.45, 2.75) is 77.9 Å². The molecule has 0 bridgehead atoms. The van der Waals surface area contributed by atoms with Gasteiger partial charge in [-0.3, -0.25) is 24.2 Å². The number of carbonyl (C=O) groups excluding carboxylic acids is 3. The number of likely N-dealkylation sites (N-methyl/N-ethyl adjacent to an activating group) is 1. The normalized spacial score (nSPS) is 16.8. The summed E-state index contributed by atoms with van der Waals surface area (Å²) in [6.07, 6.45) is 2.74. The number of carboxylic acids is 1. The first kappa shape index (κ1) is 30.1. The van der Waals surface area contributed by atoms with E-state index in [0.717, 1.165) is 13.3 Å². The summed E-state index contributed by atoms with van der Waals surface area (Å²) < 4.78 is 0. The molecule has 1 rings (SSSR count). The maximum Gasteiger partial charge on any atom is 0.300 e. The van der Waals surface area contributed by atoms with E-state index in [2.05, 4.69) is 15.6 Å². The first-order valence-corrected chi connectivity index (χ1v) is 11.3. The van der Waals surface area contributed by atoms with Crippen LogP contribution in [0.4, 0.5) is 0 Å². The molecule has 0 aliphatic carbocycles. The SMILES string of the molecule is CC(=O)O.CCNC(=O)[C@@H]1CCCN1C(=O)[C@H](CCCN=C(N)N)NC(=O)[C@H](N)CC(C)C. The van der Waals surface area contributed by atoms with Crippen LogP contribution >= 0.6 is 0 Å². The van der Waals surface area contributed by atoms with Crippen LogP contribution in [0.25, 0.3) is 0 Å². The third kappa shape index (κ3) is 12.7. The molecule has 1 heterocycles. The van der Waals surface area contributed by atoms with E-state index in [0.29, 0.717) is 45.3 Å². The number of aliphatic imine (C=N–C) groups is 1. The number of aliphatic carboxylic acids is 1. The molecule has 0 aromatic rings. The van der Waals surface area contributed by atoms with Gasteiger partial charge in [-0.1, -0.05) is 13.8 Å². The predicted octanol–water partition coefficient (Wildman–Crippen LogP) is -0.884. The summed E-state index contributed by atoms with van der Waals surface area (Å²) in [7, 11) is 0. The van der Waals surface area contributed by atoms with Crippen molar-refractivity contribution in [1.82, 2.24) is 15.5 Å². The van der Waals surface area contributed by atoms with Gasteiger partial charge in [-0.15, -0.1) is 0 Å². The zero-order valence-corrected chi connectivity index (χ0v) is 20.2. The van der Waals surface area contributed by atoms with Crippen LogP contribution in [0, 0.1) is 5.92 Å². The summed E-state index contributed by atoms with van der Waals surface area (Å²) in [6.45, 7) is 8.21. The van der Waals surface area contributed by atoms with Gasteiger partial charge in [-0.25, -0.2) is 0 Å². The van der Waals surface area contributed by atoms with Gasteiger partial charge in [0.1, 0.15) is 12.1 Å². The molecule has 1 saturated heterocycles. The second kappa shape index (κ2) is 15.8. The lowest BCUT2D eigenvalue weighted by Gasteiger charge is -2.29. The van der Waals surface area contributed by atoms with Crippen molar-refractivity contribution in [1.29, 1.82) is 0 Å². The molecule has 9 N–H and O–H groups in total. The smallest absolute Gasteiger partial charge is 0.300 e. The lowest BCUT2D eigenvalue weighted by Crippen LogP contribution is -2.55. The molecule has 1 fully saturated rings. The van der Waals surface area contributed by atoms with Crippen molar-refractivity contribution >= 4 is 29.7 Å². The van der Waals surface area contributed by atoms with Crippen molar-refractivity contribution in [2.75, 3.05) is 19.6 Å². The first-order valence-electron chi connectivity index (χ1n) is 11.3. The number of amides is 3. The molecule has 3 atom stereocenters. The monoisotopic (exact) mass is 471 g/mol. The Kier molecular flexibility index (Phi) is 14.5. The summed E-state index contributed by atoms with van der Waals surface area (Å²) >= 11 is 0. The highest BCUT2D eigenvalue weighted by atomic mass is 16.4. The van der Waals surface area contributed by atoms with Gasteiger partial charge < -0.3 is 37.8 Å². The number of guanidine groups is 1. The number of nitrogens with zero attached hydrogens (tertiary/aromatic N) is 2. The van der Waals surface area contributed by atoms with E-state index in [-0.39, 0.29) is 29.6 Å². The van der Waals surface area contributed by atoms with Gasteiger partial charge in [-0.05, 0) is 44.9 Å². The van der Waals surface area contributed by atoms with Crippen molar-refractivity contribution in [3.8, 4) is 0 Å². The largest absolute Gasteiger partial charge is 0.481 e. The molecule has 1 aliphatic rings. The Balaban J connectivity index is 0.00000235. The van der Waals surface area contributed by atoms with E-state index < -0.39 is 24.1 Å². The highest BCUT2D eigenvalue weighted by Crippen LogP contribution is 2.20. The van der Waals surface area contributed by atoms with Gasteiger partial charge in [0, 0.05) is 26.6 Å². The van der Waals surface area contributed by atoms with E-state index in [1.807, 2.05) is 20.8 Å². The first-order chi connectivity index (χ1) is 15.4. The molecule has 0 radical (unpaired) electrons. The Hall–Kier alpha value is -2.89. The van der Waals surface area contributed by atoms with Crippen LogP contribution in [0.5, 0.6) is 0 Å². The third-order valence-corrected chi connectivity index (χ3v) is 4.81. The third-order valence-electron chi connectivity index (χ3n) is 4.81. The lowest BCUT2D eigenvalue weighted by molar-refractivity contribution is -0.141. The van der Waals surface area contributed by atoms with E-state index in [1.165, 1.54) is 0 Å². The Morgan fingerprint density at radius 1 is 1.21 bits per heavy atom. The molecule has 0 spiro atoms. The van der Waals surface area contributed by atoms with Crippen LogP contribution in [0.1, 0.15) is 59.8 Å². The predicted molar refractivity (Wildman–Crippen MR) is 126 cm³/mol. The van der Waals surface area contributed by atoms with Crippen LogP contribution in [-0.4, -0.2) is 77.4 Å². The van der Waals surface area contributed by atoms with E-state index in [1.54, 1.807) is 4.90 Å². The van der Waals surface area contributed by atoms with Gasteiger partial charge in [-0.2, -0.15) is 0 Å². The number of carboxylic acid groups (broad SMARTS) is 1. The second-order valence-electron chi connectivity index (χ2n) is 8.35. The Morgan fingerprint density at radius 3 is 2.33 bits per heavy atom. The molecule has 0 saturated carbocycles. The highest BCUT2D eigenvalue weighted by Gasteiger charge is 2.37. The van der Waals surface area contributed by atoms with Crippen LogP contribution in [0.3, 0.4) is 0 Å². The maximum atomic E-state index is 13.2. The number of carbonyl (C=O) groups is 4. The Bertz CT molecular complexity index is 676. The number of nitrogens with two attached hydrogens (primary N) is 3. The zero-order valence-electron chi connectivity index (χ0n) is 20.2. The Labute approximate surface area is 195 Å². The maximum absolute atomic E-state index is 13.2. The minimum atomic E-state index is -0.833. The van der Waals surface area contributed by atoms with Gasteiger partial charge in [0.15, 0.2) is 5.96 Å². The number of hydrogen-bond donors (Lipinski definition) is 6. The average Bonchev–Trinajstić information content (AvgIpc) is 3.18. The summed E-state index contributed by atoms with van der Waals surface area (Å²) in [5.74, 6) is -1.40. The summed E-state index contributed by atoms with van der Waals surface area (Å²) in [6, 6.07) is -1.98. The Morgan fingerprint density at radius 2 is 1.82 bits per heavy atom. The molecule has 3 amide bonds.